The number of nitrogens with one attached hydrogen (secondary N) is 1. The van der Waals surface area contributed by atoms with Gasteiger partial charge in [0, 0.05) is 36.2 Å². The zero-order chi connectivity index (χ0) is 25.8. The lowest BCUT2D eigenvalue weighted by Gasteiger charge is -2.31. The molecular formula is C23H27ClN2O8S. The van der Waals surface area contributed by atoms with Crippen LogP contribution in [-0.4, -0.2) is 66.1 Å². The van der Waals surface area contributed by atoms with Gasteiger partial charge in [0.05, 0.1) is 39.7 Å². The highest BCUT2D eigenvalue weighted by Crippen LogP contribution is 2.35. The molecule has 0 bridgehead atoms. The first-order chi connectivity index (χ1) is 16.7. The van der Waals surface area contributed by atoms with Crippen LogP contribution in [0.15, 0.2) is 35.2 Å². The molecule has 0 atom stereocenters. The van der Waals surface area contributed by atoms with E-state index in [-0.39, 0.29) is 58.8 Å². The van der Waals surface area contributed by atoms with Crippen LogP contribution in [0.4, 0.5) is 5.69 Å². The Morgan fingerprint density at radius 2 is 1.54 bits per heavy atom. The summed E-state index contributed by atoms with van der Waals surface area (Å²) >= 11 is 6.01. The van der Waals surface area contributed by atoms with Crippen molar-refractivity contribution >= 4 is 39.2 Å². The van der Waals surface area contributed by atoms with Crippen LogP contribution < -0.4 is 19.5 Å². The molecule has 2 aromatic carbocycles. The largest absolute Gasteiger partial charge is 0.495 e. The van der Waals surface area contributed by atoms with Crippen LogP contribution in [0, 0.1) is 5.92 Å². The van der Waals surface area contributed by atoms with Crippen LogP contribution in [0.1, 0.15) is 23.2 Å². The maximum Gasteiger partial charge on any atom is 0.340 e. The zero-order valence-corrected chi connectivity index (χ0v) is 21.4. The second-order valence-electron chi connectivity index (χ2n) is 7.71. The van der Waals surface area contributed by atoms with E-state index < -0.39 is 21.9 Å². The second-order valence-corrected chi connectivity index (χ2v) is 10.0. The number of nitrogens with zero attached hydrogens (tertiary/aromatic N) is 1. The molecule has 1 fully saturated rings. The summed E-state index contributed by atoms with van der Waals surface area (Å²) in [6, 6.07) is 7.30. The summed E-state index contributed by atoms with van der Waals surface area (Å²) in [5.74, 6) is -0.649. The third-order valence-electron chi connectivity index (χ3n) is 5.76. The Balaban J connectivity index is 1.76. The molecule has 1 amide bonds. The Labute approximate surface area is 209 Å². The van der Waals surface area contributed by atoms with Gasteiger partial charge in [-0.2, -0.15) is 4.31 Å². The number of halogens is 1. The number of sulfonamides is 1. The lowest BCUT2D eigenvalue weighted by molar-refractivity contribution is -0.120. The fourth-order valence-electron chi connectivity index (χ4n) is 3.85. The molecule has 35 heavy (non-hydrogen) atoms. The number of anilines is 1. The van der Waals surface area contributed by atoms with Gasteiger partial charge in [0.2, 0.25) is 15.9 Å². The number of amides is 1. The molecule has 12 heteroatoms. The number of esters is 1. The number of ether oxygens (including phenoxy) is 4. The summed E-state index contributed by atoms with van der Waals surface area (Å²) in [7, 11) is 1.61. The van der Waals surface area contributed by atoms with Gasteiger partial charge < -0.3 is 24.3 Å². The van der Waals surface area contributed by atoms with E-state index >= 15 is 0 Å². The monoisotopic (exact) mass is 526 g/mol. The molecule has 1 heterocycles. The Kier molecular flexibility index (Phi) is 8.47. The van der Waals surface area contributed by atoms with Crippen molar-refractivity contribution < 1.29 is 37.0 Å². The third-order valence-corrected chi connectivity index (χ3v) is 7.91. The fraction of sp³-hybridized carbons (Fsp3) is 0.391. The fourth-order valence-corrected chi connectivity index (χ4v) is 5.73. The standard InChI is InChI=1S/C23H27ClN2O8S/c1-31-18-6-5-15(24)11-21(18)35(29,30)26-9-7-14(8-10-26)22(27)25-17-13-20(33-3)19(32-2)12-16(17)23(28)34-4/h5-6,11-14H,7-10H2,1-4H3,(H,25,27). The molecule has 1 saturated heterocycles. The van der Waals surface area contributed by atoms with Crippen LogP contribution in [0.5, 0.6) is 17.2 Å². The lowest BCUT2D eigenvalue weighted by atomic mass is 9.97. The number of piperidine rings is 1. The zero-order valence-electron chi connectivity index (χ0n) is 19.8. The molecule has 0 spiro atoms. The van der Waals surface area contributed by atoms with E-state index in [9.17, 15) is 18.0 Å². The van der Waals surface area contributed by atoms with Gasteiger partial charge in [0.25, 0.3) is 0 Å². The summed E-state index contributed by atoms with van der Waals surface area (Å²) in [6.45, 7) is 0.262. The third kappa shape index (κ3) is 5.63. The summed E-state index contributed by atoms with van der Waals surface area (Å²) in [4.78, 5) is 25.3. The Hall–Kier alpha value is -3.02. The van der Waals surface area contributed by atoms with Crippen molar-refractivity contribution in [2.45, 2.75) is 17.7 Å². The predicted molar refractivity (Wildman–Crippen MR) is 129 cm³/mol. The van der Waals surface area contributed by atoms with Crippen molar-refractivity contribution in [2.24, 2.45) is 5.92 Å². The topological polar surface area (TPSA) is 120 Å². The molecule has 2 aromatic rings. The number of carbonyl (C=O) groups is 2. The highest BCUT2D eigenvalue weighted by atomic mass is 35.5. The van der Waals surface area contributed by atoms with Gasteiger partial charge in [-0.05, 0) is 31.0 Å². The minimum atomic E-state index is -3.87. The molecule has 0 saturated carbocycles. The molecule has 0 aliphatic carbocycles. The van der Waals surface area contributed by atoms with Crippen LogP contribution in [0.2, 0.25) is 5.02 Å². The average Bonchev–Trinajstić information content (AvgIpc) is 2.87. The van der Waals surface area contributed by atoms with Crippen molar-refractivity contribution in [1.29, 1.82) is 0 Å². The van der Waals surface area contributed by atoms with E-state index in [1.54, 1.807) is 6.07 Å². The minimum Gasteiger partial charge on any atom is -0.495 e. The van der Waals surface area contributed by atoms with E-state index in [0.29, 0.717) is 11.5 Å². The number of hydrogen-bond donors (Lipinski definition) is 1. The van der Waals surface area contributed by atoms with E-state index in [0.717, 1.165) is 0 Å². The molecule has 1 aliphatic heterocycles. The molecule has 0 unspecified atom stereocenters. The van der Waals surface area contributed by atoms with Gasteiger partial charge in [-0.25, -0.2) is 13.2 Å². The van der Waals surface area contributed by atoms with E-state index in [1.165, 1.54) is 57.0 Å². The predicted octanol–water partition coefficient (Wildman–Crippen LogP) is 3.19. The van der Waals surface area contributed by atoms with Gasteiger partial charge in [-0.3, -0.25) is 4.79 Å². The van der Waals surface area contributed by atoms with Crippen molar-refractivity contribution in [3.63, 3.8) is 0 Å². The molecule has 1 aliphatic rings. The SMILES string of the molecule is COC(=O)c1cc(OC)c(OC)cc1NC(=O)C1CCN(S(=O)(=O)c2cc(Cl)ccc2OC)CC1. The molecular weight excluding hydrogens is 500 g/mol. The summed E-state index contributed by atoms with van der Waals surface area (Å²) < 4.78 is 48.2. The molecule has 0 aromatic heterocycles. The van der Waals surface area contributed by atoms with Crippen LogP contribution in [0.3, 0.4) is 0 Å². The first-order valence-corrected chi connectivity index (χ1v) is 12.5. The smallest absolute Gasteiger partial charge is 0.340 e. The summed E-state index contributed by atoms with van der Waals surface area (Å²) in [5, 5.41) is 3.02. The molecule has 0 radical (unpaired) electrons. The van der Waals surface area contributed by atoms with Gasteiger partial charge >= 0.3 is 5.97 Å². The van der Waals surface area contributed by atoms with Gasteiger partial charge in [0.1, 0.15) is 10.6 Å². The number of rotatable bonds is 8. The summed E-state index contributed by atoms with van der Waals surface area (Å²) in [5.41, 5.74) is 0.310. The highest BCUT2D eigenvalue weighted by molar-refractivity contribution is 7.89. The first kappa shape index (κ1) is 26.6. The first-order valence-electron chi connectivity index (χ1n) is 10.6. The Morgan fingerprint density at radius 3 is 2.11 bits per heavy atom. The van der Waals surface area contributed by atoms with Gasteiger partial charge in [-0.15, -0.1) is 0 Å². The maximum atomic E-state index is 13.2. The van der Waals surface area contributed by atoms with Crippen molar-refractivity contribution in [1.82, 2.24) is 4.31 Å². The highest BCUT2D eigenvalue weighted by Gasteiger charge is 2.34. The number of benzene rings is 2. The number of methoxy groups -OCH3 is 4. The lowest BCUT2D eigenvalue weighted by Crippen LogP contribution is -2.41. The van der Waals surface area contributed by atoms with Crippen molar-refractivity contribution in [3.05, 3.63) is 40.9 Å². The summed E-state index contributed by atoms with van der Waals surface area (Å²) in [6.07, 6.45) is 0.573. The molecule has 3 rings (SSSR count). The van der Waals surface area contributed by atoms with Crippen LogP contribution >= 0.6 is 11.6 Å². The molecule has 1 N–H and O–H groups in total. The normalized spacial score (nSPS) is 14.8. The number of hydrogen-bond acceptors (Lipinski definition) is 8. The van der Waals surface area contributed by atoms with E-state index in [4.69, 9.17) is 30.5 Å². The Bertz CT molecular complexity index is 1210. The van der Waals surface area contributed by atoms with Crippen molar-refractivity contribution in [2.75, 3.05) is 46.8 Å². The maximum absolute atomic E-state index is 13.2. The van der Waals surface area contributed by atoms with E-state index in [1.807, 2.05) is 0 Å². The number of carbonyl (C=O) groups excluding carboxylic acids is 2. The van der Waals surface area contributed by atoms with Crippen molar-refractivity contribution in [3.8, 4) is 17.2 Å². The quantitative estimate of drug-likeness (QED) is 0.521. The average molecular weight is 527 g/mol. The minimum absolute atomic E-state index is 0.0246. The molecule has 10 nitrogen and oxygen atoms in total. The van der Waals surface area contributed by atoms with Gasteiger partial charge in [-0.1, -0.05) is 11.6 Å². The second kappa shape index (κ2) is 11.1. The van der Waals surface area contributed by atoms with Crippen LogP contribution in [0.25, 0.3) is 0 Å². The Morgan fingerprint density at radius 1 is 0.943 bits per heavy atom. The molecule has 190 valence electrons. The van der Waals surface area contributed by atoms with E-state index in [2.05, 4.69) is 5.32 Å². The van der Waals surface area contributed by atoms with Gasteiger partial charge in [0.15, 0.2) is 11.5 Å². The van der Waals surface area contributed by atoms with Crippen LogP contribution in [-0.2, 0) is 19.6 Å².